The number of ether oxygens (including phenoxy) is 3. The molecule has 178 valence electrons. The minimum absolute atomic E-state index is 0.232. The van der Waals surface area contributed by atoms with Gasteiger partial charge in [0.25, 0.3) is 11.1 Å². The summed E-state index contributed by atoms with van der Waals surface area (Å²) in [6, 6.07) is 9.04. The predicted molar refractivity (Wildman–Crippen MR) is 129 cm³/mol. The molecule has 34 heavy (non-hydrogen) atoms. The van der Waals surface area contributed by atoms with Crippen LogP contribution in [-0.2, 0) is 20.9 Å². The van der Waals surface area contributed by atoms with Crippen molar-refractivity contribution in [2.45, 2.75) is 6.61 Å². The zero-order valence-corrected chi connectivity index (χ0v) is 20.8. The van der Waals surface area contributed by atoms with Gasteiger partial charge in [0.2, 0.25) is 5.91 Å². The molecule has 2 aliphatic rings. The number of hydrogen-bond acceptors (Lipinski definition) is 8. The lowest BCUT2D eigenvalue weighted by Crippen LogP contribution is -2.46. The lowest BCUT2D eigenvalue weighted by atomic mass is 10.2. The Balaban J connectivity index is 1.48. The van der Waals surface area contributed by atoms with E-state index in [0.29, 0.717) is 47.8 Å². The van der Waals surface area contributed by atoms with E-state index in [9.17, 15) is 14.4 Å². The summed E-state index contributed by atoms with van der Waals surface area (Å²) in [6.07, 6.45) is 3.29. The number of hydrogen-bond donors (Lipinski definition) is 0. The van der Waals surface area contributed by atoms with Crippen LogP contribution in [0.5, 0.6) is 11.5 Å². The number of pyridine rings is 1. The van der Waals surface area contributed by atoms with Crippen LogP contribution < -0.4 is 9.47 Å². The summed E-state index contributed by atoms with van der Waals surface area (Å²) in [5, 5.41) is -0.473. The average Bonchev–Trinajstić information content (AvgIpc) is 3.11. The van der Waals surface area contributed by atoms with Gasteiger partial charge in [0.15, 0.2) is 11.5 Å². The largest absolute Gasteiger partial charge is 0.493 e. The first-order chi connectivity index (χ1) is 16.5. The molecular weight excluding hydrogens is 526 g/mol. The second-order valence-electron chi connectivity index (χ2n) is 7.40. The summed E-state index contributed by atoms with van der Waals surface area (Å²) in [5.41, 5.74) is 1.40. The Morgan fingerprint density at radius 1 is 1.26 bits per heavy atom. The molecule has 0 unspecified atom stereocenters. The van der Waals surface area contributed by atoms with Crippen LogP contribution in [0.15, 0.2) is 45.9 Å². The van der Waals surface area contributed by atoms with Crippen LogP contribution in [0.3, 0.4) is 0 Å². The third-order valence-corrected chi connectivity index (χ3v) is 6.67. The zero-order chi connectivity index (χ0) is 24.1. The first-order valence-corrected chi connectivity index (χ1v) is 12.1. The van der Waals surface area contributed by atoms with Crippen molar-refractivity contribution in [3.63, 3.8) is 0 Å². The SMILES string of the molecule is COc1cc(/C=C2\SC(=O)N(CC(=O)N3CCOCC3)C2=O)cc(Br)c1OCc1ccccn1. The van der Waals surface area contributed by atoms with Gasteiger partial charge in [-0.05, 0) is 63.6 Å². The van der Waals surface area contributed by atoms with Crippen molar-refractivity contribution in [2.75, 3.05) is 40.0 Å². The molecule has 0 bridgehead atoms. The standard InChI is InChI=1S/C23H22BrN3O6S/c1-31-18-11-15(10-17(24)21(18)33-14-16-4-2-3-5-25-16)12-19-22(29)27(23(30)34-19)13-20(28)26-6-8-32-9-7-26/h2-5,10-12H,6-9,13-14H2,1H3/b19-12-. The maximum Gasteiger partial charge on any atom is 0.294 e. The van der Waals surface area contributed by atoms with Crippen molar-refractivity contribution in [2.24, 2.45) is 0 Å². The number of morpholine rings is 1. The molecular formula is C23H22BrN3O6S. The molecule has 1 aromatic heterocycles. The summed E-state index contributed by atoms with van der Waals surface area (Å²) in [6.45, 7) is 1.78. The highest BCUT2D eigenvalue weighted by molar-refractivity contribution is 9.10. The van der Waals surface area contributed by atoms with Crippen molar-refractivity contribution in [3.8, 4) is 11.5 Å². The van der Waals surface area contributed by atoms with E-state index in [1.807, 2.05) is 18.2 Å². The van der Waals surface area contributed by atoms with Crippen LogP contribution in [-0.4, -0.2) is 71.8 Å². The highest BCUT2D eigenvalue weighted by Gasteiger charge is 2.37. The number of carbonyl (C=O) groups excluding carboxylic acids is 3. The molecule has 3 amide bonds. The maximum absolute atomic E-state index is 12.9. The molecule has 1 aromatic carbocycles. The fourth-order valence-electron chi connectivity index (χ4n) is 3.43. The van der Waals surface area contributed by atoms with E-state index in [1.165, 1.54) is 7.11 Å². The van der Waals surface area contributed by atoms with Gasteiger partial charge >= 0.3 is 0 Å². The minimum atomic E-state index is -0.498. The van der Waals surface area contributed by atoms with Crippen molar-refractivity contribution in [3.05, 3.63) is 57.2 Å². The van der Waals surface area contributed by atoms with Crippen LogP contribution in [0.2, 0.25) is 0 Å². The third kappa shape index (κ3) is 5.60. The predicted octanol–water partition coefficient (Wildman–Crippen LogP) is 3.33. The average molecular weight is 548 g/mol. The normalized spacial score (nSPS) is 17.4. The van der Waals surface area contributed by atoms with E-state index < -0.39 is 11.1 Å². The molecule has 2 aliphatic heterocycles. The van der Waals surface area contributed by atoms with E-state index in [1.54, 1.807) is 29.3 Å². The fourth-order valence-corrected chi connectivity index (χ4v) is 4.84. The van der Waals surface area contributed by atoms with Gasteiger partial charge in [0.05, 0.1) is 35.4 Å². The molecule has 3 heterocycles. The van der Waals surface area contributed by atoms with Gasteiger partial charge in [-0.3, -0.25) is 24.3 Å². The van der Waals surface area contributed by atoms with Crippen molar-refractivity contribution in [1.29, 1.82) is 0 Å². The molecule has 0 aliphatic carbocycles. The molecule has 11 heteroatoms. The van der Waals surface area contributed by atoms with Gasteiger partial charge in [-0.1, -0.05) is 6.07 Å². The Hall–Kier alpha value is -2.89. The highest BCUT2D eigenvalue weighted by Crippen LogP contribution is 2.39. The van der Waals surface area contributed by atoms with Gasteiger partial charge in [-0.25, -0.2) is 0 Å². The molecule has 0 atom stereocenters. The van der Waals surface area contributed by atoms with E-state index in [-0.39, 0.29) is 24.0 Å². The van der Waals surface area contributed by atoms with Gasteiger partial charge in [-0.2, -0.15) is 0 Å². The molecule has 2 saturated heterocycles. The second-order valence-corrected chi connectivity index (χ2v) is 9.25. The topological polar surface area (TPSA) is 98.3 Å². The number of rotatable bonds is 7. The van der Waals surface area contributed by atoms with Gasteiger partial charge in [0.1, 0.15) is 13.2 Å². The maximum atomic E-state index is 12.9. The number of imide groups is 1. The van der Waals surface area contributed by atoms with Crippen LogP contribution in [0, 0.1) is 0 Å². The summed E-state index contributed by atoms with van der Waals surface area (Å²) in [7, 11) is 1.52. The molecule has 2 fully saturated rings. The molecule has 0 spiro atoms. The minimum Gasteiger partial charge on any atom is -0.493 e. The van der Waals surface area contributed by atoms with E-state index in [0.717, 1.165) is 22.4 Å². The summed E-state index contributed by atoms with van der Waals surface area (Å²) >= 11 is 4.30. The first kappa shape index (κ1) is 24.2. The van der Waals surface area contributed by atoms with Gasteiger partial charge < -0.3 is 19.1 Å². The van der Waals surface area contributed by atoms with Crippen LogP contribution in [0.4, 0.5) is 4.79 Å². The van der Waals surface area contributed by atoms with Crippen LogP contribution in [0.25, 0.3) is 6.08 Å². The van der Waals surface area contributed by atoms with E-state index in [4.69, 9.17) is 14.2 Å². The Labute approximate surface area is 209 Å². The highest BCUT2D eigenvalue weighted by atomic mass is 79.9. The Kier molecular flexibility index (Phi) is 7.86. The Bertz CT molecular complexity index is 1120. The lowest BCUT2D eigenvalue weighted by Gasteiger charge is -2.28. The molecule has 4 rings (SSSR count). The smallest absolute Gasteiger partial charge is 0.294 e. The number of amides is 3. The quantitative estimate of drug-likeness (QED) is 0.487. The molecule has 0 radical (unpaired) electrons. The first-order valence-electron chi connectivity index (χ1n) is 10.5. The molecule has 0 N–H and O–H groups in total. The molecule has 9 nitrogen and oxygen atoms in total. The third-order valence-electron chi connectivity index (χ3n) is 5.17. The Morgan fingerprint density at radius 2 is 2.06 bits per heavy atom. The molecule has 0 saturated carbocycles. The number of aromatic nitrogens is 1. The van der Waals surface area contributed by atoms with Gasteiger partial charge in [-0.15, -0.1) is 0 Å². The number of thioether (sulfide) groups is 1. The van der Waals surface area contributed by atoms with Crippen molar-refractivity contribution in [1.82, 2.24) is 14.8 Å². The lowest BCUT2D eigenvalue weighted by molar-refractivity contribution is -0.139. The van der Waals surface area contributed by atoms with Crippen molar-refractivity contribution < 1.29 is 28.6 Å². The Morgan fingerprint density at radius 3 is 2.76 bits per heavy atom. The van der Waals surface area contributed by atoms with E-state index in [2.05, 4.69) is 20.9 Å². The number of benzene rings is 1. The number of halogens is 1. The van der Waals surface area contributed by atoms with Crippen molar-refractivity contribution >= 4 is 50.8 Å². The van der Waals surface area contributed by atoms with Crippen LogP contribution >= 0.6 is 27.7 Å². The monoisotopic (exact) mass is 547 g/mol. The van der Waals surface area contributed by atoms with Crippen LogP contribution in [0.1, 0.15) is 11.3 Å². The van der Waals surface area contributed by atoms with E-state index >= 15 is 0 Å². The second kappa shape index (κ2) is 11.0. The number of nitrogens with zero attached hydrogens (tertiary/aromatic N) is 3. The summed E-state index contributed by atoms with van der Waals surface area (Å²) in [5.74, 6) is 0.181. The molecule has 2 aromatic rings. The number of methoxy groups -OCH3 is 1. The summed E-state index contributed by atoms with van der Waals surface area (Å²) < 4.78 is 17.2. The fraction of sp³-hybridized carbons (Fsp3) is 0.304. The van der Waals surface area contributed by atoms with Gasteiger partial charge in [0, 0.05) is 19.3 Å². The zero-order valence-electron chi connectivity index (χ0n) is 18.4. The summed E-state index contributed by atoms with van der Waals surface area (Å²) in [4.78, 5) is 44.8. The number of carbonyl (C=O) groups is 3.